The maximum atomic E-state index is 14.0. The van der Waals surface area contributed by atoms with Crippen molar-refractivity contribution in [1.82, 2.24) is 19.4 Å². The normalized spacial score (nSPS) is 15.0. The van der Waals surface area contributed by atoms with Gasteiger partial charge in [-0.3, -0.25) is 19.1 Å². The summed E-state index contributed by atoms with van der Waals surface area (Å²) in [6.45, 7) is 7.08. The molecule has 0 unspecified atom stereocenters. The molecule has 31 heavy (non-hydrogen) atoms. The standard InChI is InChI=1S/C22H24ClFN4O2S/c1-14-15(2)31-21-20(14)22(30)28(13-25-21)7-6-19(29)27-10-8-26(9-11-27)12-16-17(23)4-3-5-18(16)24/h3-5,13H,6-12H2,1-2H3. The van der Waals surface area contributed by atoms with Crippen molar-refractivity contribution < 1.29 is 9.18 Å². The Kier molecular flexibility index (Phi) is 6.41. The molecule has 3 heterocycles. The monoisotopic (exact) mass is 462 g/mol. The van der Waals surface area contributed by atoms with Crippen LogP contribution in [0.15, 0.2) is 29.3 Å². The van der Waals surface area contributed by atoms with Gasteiger partial charge < -0.3 is 4.90 Å². The third-order valence-corrected chi connectivity index (χ3v) is 7.36. The third kappa shape index (κ3) is 4.51. The zero-order chi connectivity index (χ0) is 22.1. The van der Waals surface area contributed by atoms with Crippen LogP contribution in [0.1, 0.15) is 22.4 Å². The second-order valence-electron chi connectivity index (χ2n) is 7.81. The van der Waals surface area contributed by atoms with E-state index in [-0.39, 0.29) is 23.7 Å². The van der Waals surface area contributed by atoms with Crippen molar-refractivity contribution in [3.8, 4) is 0 Å². The van der Waals surface area contributed by atoms with E-state index in [0.29, 0.717) is 55.2 Å². The summed E-state index contributed by atoms with van der Waals surface area (Å²) in [7, 11) is 0. The number of aromatic nitrogens is 2. The van der Waals surface area contributed by atoms with E-state index < -0.39 is 0 Å². The Morgan fingerprint density at radius 2 is 1.97 bits per heavy atom. The summed E-state index contributed by atoms with van der Waals surface area (Å²) in [6, 6.07) is 4.69. The van der Waals surface area contributed by atoms with E-state index in [2.05, 4.69) is 9.88 Å². The van der Waals surface area contributed by atoms with Gasteiger partial charge in [-0.1, -0.05) is 17.7 Å². The number of piperazine rings is 1. The first-order valence-electron chi connectivity index (χ1n) is 10.2. The smallest absolute Gasteiger partial charge is 0.262 e. The molecule has 3 aromatic rings. The second kappa shape index (κ2) is 9.06. The number of carbonyl (C=O) groups is 1. The van der Waals surface area contributed by atoms with Crippen LogP contribution in [0.3, 0.4) is 0 Å². The molecule has 1 saturated heterocycles. The van der Waals surface area contributed by atoms with Crippen molar-refractivity contribution in [1.29, 1.82) is 0 Å². The molecule has 1 aliphatic heterocycles. The molecule has 1 aromatic carbocycles. The highest BCUT2D eigenvalue weighted by molar-refractivity contribution is 7.18. The molecule has 2 aromatic heterocycles. The first kappa shape index (κ1) is 21.9. The van der Waals surface area contributed by atoms with E-state index in [4.69, 9.17) is 11.6 Å². The van der Waals surface area contributed by atoms with Gasteiger partial charge in [0.15, 0.2) is 0 Å². The average Bonchev–Trinajstić information content (AvgIpc) is 3.05. The van der Waals surface area contributed by atoms with Crippen LogP contribution in [-0.2, 0) is 17.9 Å². The van der Waals surface area contributed by atoms with Crippen molar-refractivity contribution >= 4 is 39.1 Å². The van der Waals surface area contributed by atoms with Crippen LogP contribution in [0.2, 0.25) is 5.02 Å². The Morgan fingerprint density at radius 3 is 2.68 bits per heavy atom. The molecule has 1 amide bonds. The van der Waals surface area contributed by atoms with Crippen molar-refractivity contribution in [2.24, 2.45) is 0 Å². The Labute approximate surface area is 188 Å². The molecule has 0 N–H and O–H groups in total. The number of hydrogen-bond acceptors (Lipinski definition) is 5. The second-order valence-corrected chi connectivity index (χ2v) is 9.42. The zero-order valence-corrected chi connectivity index (χ0v) is 19.1. The van der Waals surface area contributed by atoms with Crippen LogP contribution in [-0.4, -0.2) is 51.4 Å². The Hall–Kier alpha value is -2.29. The molecular weight excluding hydrogens is 439 g/mol. The molecule has 0 aliphatic carbocycles. The number of halogens is 2. The zero-order valence-electron chi connectivity index (χ0n) is 17.5. The number of carbonyl (C=O) groups excluding carboxylic acids is 1. The number of rotatable bonds is 5. The quantitative estimate of drug-likeness (QED) is 0.581. The van der Waals surface area contributed by atoms with Crippen LogP contribution in [0.4, 0.5) is 4.39 Å². The molecule has 0 bridgehead atoms. The highest BCUT2D eigenvalue weighted by atomic mass is 35.5. The van der Waals surface area contributed by atoms with Gasteiger partial charge in [0.2, 0.25) is 5.91 Å². The van der Waals surface area contributed by atoms with Gasteiger partial charge in [-0.2, -0.15) is 0 Å². The van der Waals surface area contributed by atoms with E-state index >= 15 is 0 Å². The maximum Gasteiger partial charge on any atom is 0.262 e. The van der Waals surface area contributed by atoms with Crippen molar-refractivity contribution in [3.05, 3.63) is 61.7 Å². The van der Waals surface area contributed by atoms with Crippen LogP contribution in [0.25, 0.3) is 10.2 Å². The lowest BCUT2D eigenvalue weighted by Crippen LogP contribution is -2.48. The lowest BCUT2D eigenvalue weighted by Gasteiger charge is -2.35. The predicted octanol–water partition coefficient (Wildman–Crippen LogP) is 3.60. The first-order valence-corrected chi connectivity index (χ1v) is 11.4. The van der Waals surface area contributed by atoms with E-state index in [1.54, 1.807) is 17.0 Å². The molecule has 1 aliphatic rings. The molecule has 4 rings (SSSR count). The van der Waals surface area contributed by atoms with Crippen molar-refractivity contribution in [2.45, 2.75) is 33.4 Å². The number of amides is 1. The van der Waals surface area contributed by atoms with Crippen molar-refractivity contribution in [3.63, 3.8) is 0 Å². The van der Waals surface area contributed by atoms with Crippen molar-refractivity contribution in [2.75, 3.05) is 26.2 Å². The SMILES string of the molecule is Cc1sc2ncn(CCC(=O)N3CCN(Cc4c(F)cccc4Cl)CC3)c(=O)c2c1C. The minimum absolute atomic E-state index is 0.00814. The Balaban J connectivity index is 1.34. The molecule has 0 spiro atoms. The van der Waals surface area contributed by atoms with Crippen LogP contribution in [0, 0.1) is 19.7 Å². The topological polar surface area (TPSA) is 58.4 Å². The van der Waals surface area contributed by atoms with Gasteiger partial charge in [-0.15, -0.1) is 11.3 Å². The summed E-state index contributed by atoms with van der Waals surface area (Å²) in [5.41, 5.74) is 1.36. The first-order chi connectivity index (χ1) is 14.8. The molecule has 164 valence electrons. The minimum Gasteiger partial charge on any atom is -0.340 e. The highest BCUT2D eigenvalue weighted by Gasteiger charge is 2.22. The number of nitrogens with zero attached hydrogens (tertiary/aromatic N) is 4. The fraction of sp³-hybridized carbons (Fsp3) is 0.409. The number of fused-ring (bicyclic) bond motifs is 1. The third-order valence-electron chi connectivity index (χ3n) is 5.89. The van der Waals surface area contributed by atoms with Gasteiger partial charge >= 0.3 is 0 Å². The van der Waals surface area contributed by atoms with Gasteiger partial charge in [0.1, 0.15) is 10.6 Å². The lowest BCUT2D eigenvalue weighted by atomic mass is 10.1. The number of aryl methyl sites for hydroxylation is 3. The van der Waals surface area contributed by atoms with E-state index in [9.17, 15) is 14.0 Å². The fourth-order valence-corrected chi connectivity index (χ4v) is 5.08. The lowest BCUT2D eigenvalue weighted by molar-refractivity contribution is -0.133. The summed E-state index contributed by atoms with van der Waals surface area (Å²) in [6.07, 6.45) is 1.78. The highest BCUT2D eigenvalue weighted by Crippen LogP contribution is 2.25. The average molecular weight is 463 g/mol. The number of benzene rings is 1. The van der Waals surface area contributed by atoms with Crippen LogP contribution < -0.4 is 5.56 Å². The van der Waals surface area contributed by atoms with Gasteiger partial charge in [0.05, 0.1) is 11.7 Å². The molecule has 0 saturated carbocycles. The largest absolute Gasteiger partial charge is 0.340 e. The minimum atomic E-state index is -0.307. The summed E-state index contributed by atoms with van der Waals surface area (Å²) in [4.78, 5) is 35.6. The predicted molar refractivity (Wildman–Crippen MR) is 121 cm³/mol. The maximum absolute atomic E-state index is 14.0. The molecule has 0 atom stereocenters. The summed E-state index contributed by atoms with van der Waals surface area (Å²) < 4.78 is 15.5. The van der Waals surface area contributed by atoms with Gasteiger partial charge in [0, 0.05) is 61.2 Å². The van der Waals surface area contributed by atoms with Gasteiger partial charge in [-0.05, 0) is 31.5 Å². The Bertz CT molecular complexity index is 1160. The fourth-order valence-electron chi connectivity index (χ4n) is 3.87. The van der Waals surface area contributed by atoms with Crippen LogP contribution >= 0.6 is 22.9 Å². The van der Waals surface area contributed by atoms with E-state index in [1.165, 1.54) is 28.3 Å². The molecule has 1 fully saturated rings. The van der Waals surface area contributed by atoms with E-state index in [0.717, 1.165) is 15.3 Å². The summed E-state index contributed by atoms with van der Waals surface area (Å²) >= 11 is 7.64. The number of thiophene rings is 1. The van der Waals surface area contributed by atoms with Gasteiger partial charge in [-0.25, -0.2) is 9.37 Å². The Morgan fingerprint density at radius 1 is 1.23 bits per heavy atom. The molecule has 9 heteroatoms. The van der Waals surface area contributed by atoms with Gasteiger partial charge in [0.25, 0.3) is 5.56 Å². The molecule has 0 radical (unpaired) electrons. The van der Waals surface area contributed by atoms with E-state index in [1.807, 2.05) is 13.8 Å². The summed E-state index contributed by atoms with van der Waals surface area (Å²) in [5.74, 6) is -0.299. The van der Waals surface area contributed by atoms with Crippen LogP contribution in [0.5, 0.6) is 0 Å². The molecular formula is C22H24ClFN4O2S. The number of hydrogen-bond donors (Lipinski definition) is 0. The molecule has 6 nitrogen and oxygen atoms in total. The summed E-state index contributed by atoms with van der Waals surface area (Å²) in [5, 5.41) is 1.07.